The van der Waals surface area contributed by atoms with Gasteiger partial charge in [0.15, 0.2) is 0 Å². The molecule has 5 nitrogen and oxygen atoms in total. The standard InChI is InChI=1S/C20H24O5/c1-5-13(3)19(22)24-17-10-15(11-21)8-6-7-12(2)9-16-18(17)14(4)20(23)25-16/h5,8-9,11,16-18H,4,6-7,10H2,1-3H3/b12-9+,13-5-,15-8+/t16-,17+,18+/m1/s1. The zero-order chi connectivity index (χ0) is 18.6. The maximum Gasteiger partial charge on any atom is 0.334 e. The minimum atomic E-state index is -0.690. The van der Waals surface area contributed by atoms with Gasteiger partial charge < -0.3 is 9.47 Å². The van der Waals surface area contributed by atoms with Gasteiger partial charge in [0.1, 0.15) is 18.5 Å². The predicted octanol–water partition coefficient (Wildman–Crippen LogP) is 3.22. The highest BCUT2D eigenvalue weighted by molar-refractivity contribution is 5.92. The highest BCUT2D eigenvalue weighted by Crippen LogP contribution is 2.36. The average Bonchev–Trinajstić information content (AvgIpc) is 2.85. The molecule has 0 bridgehead atoms. The first-order chi connectivity index (χ1) is 11.9. The van der Waals surface area contributed by atoms with Crippen molar-refractivity contribution in [1.82, 2.24) is 0 Å². The first kappa shape index (κ1) is 18.9. The van der Waals surface area contributed by atoms with Crippen LogP contribution in [-0.4, -0.2) is 30.4 Å². The molecule has 25 heavy (non-hydrogen) atoms. The molecule has 1 saturated heterocycles. The molecule has 2 aliphatic rings. The van der Waals surface area contributed by atoms with E-state index in [1.807, 2.05) is 19.1 Å². The molecule has 3 atom stereocenters. The van der Waals surface area contributed by atoms with Crippen LogP contribution in [0.2, 0.25) is 0 Å². The lowest BCUT2D eigenvalue weighted by molar-refractivity contribution is -0.147. The molecule has 0 aromatic carbocycles. The number of carbonyl (C=O) groups is 3. The molecule has 0 unspecified atom stereocenters. The molecule has 1 aliphatic heterocycles. The second-order valence-corrected chi connectivity index (χ2v) is 6.49. The maximum atomic E-state index is 12.3. The SMILES string of the molecule is C=C1C(=O)O[C@@H]2/C=C(\C)CC/C=C(/C=O)C[C@H](OC(=O)/C(C)=C\C)[C@@H]12. The van der Waals surface area contributed by atoms with E-state index < -0.39 is 30.1 Å². The second kappa shape index (κ2) is 8.10. The number of carbonyl (C=O) groups excluding carboxylic acids is 3. The van der Waals surface area contributed by atoms with Crippen molar-refractivity contribution < 1.29 is 23.9 Å². The quantitative estimate of drug-likeness (QED) is 0.340. The van der Waals surface area contributed by atoms with Gasteiger partial charge in [0.2, 0.25) is 0 Å². The maximum absolute atomic E-state index is 12.3. The van der Waals surface area contributed by atoms with Crippen LogP contribution in [0.3, 0.4) is 0 Å². The zero-order valence-corrected chi connectivity index (χ0v) is 14.9. The van der Waals surface area contributed by atoms with E-state index in [0.29, 0.717) is 17.6 Å². The normalized spacial score (nSPS) is 31.8. The van der Waals surface area contributed by atoms with Crippen molar-refractivity contribution in [3.05, 3.63) is 47.1 Å². The summed E-state index contributed by atoms with van der Waals surface area (Å²) in [6, 6.07) is 0. The fourth-order valence-corrected chi connectivity index (χ4v) is 3.03. The molecule has 0 radical (unpaired) electrons. The Labute approximate surface area is 148 Å². The molecular weight excluding hydrogens is 320 g/mol. The number of ether oxygens (including phenoxy) is 2. The van der Waals surface area contributed by atoms with Crippen LogP contribution in [-0.2, 0) is 23.9 Å². The average molecular weight is 344 g/mol. The lowest BCUT2D eigenvalue weighted by Gasteiger charge is -2.27. The Kier molecular flexibility index (Phi) is 6.12. The highest BCUT2D eigenvalue weighted by Gasteiger charge is 2.44. The smallest absolute Gasteiger partial charge is 0.334 e. The van der Waals surface area contributed by atoms with E-state index in [9.17, 15) is 14.4 Å². The van der Waals surface area contributed by atoms with Gasteiger partial charge in [-0.25, -0.2) is 9.59 Å². The third-order valence-corrected chi connectivity index (χ3v) is 4.66. The monoisotopic (exact) mass is 344 g/mol. The van der Waals surface area contributed by atoms with Crippen molar-refractivity contribution in [2.24, 2.45) is 5.92 Å². The molecule has 1 heterocycles. The van der Waals surface area contributed by atoms with Crippen molar-refractivity contribution in [2.75, 3.05) is 0 Å². The highest BCUT2D eigenvalue weighted by atomic mass is 16.6. The predicted molar refractivity (Wildman–Crippen MR) is 93.6 cm³/mol. The minimum Gasteiger partial charge on any atom is -0.458 e. The molecule has 0 amide bonds. The number of allylic oxidation sites excluding steroid dienone is 3. The summed E-state index contributed by atoms with van der Waals surface area (Å²) in [4.78, 5) is 35.7. The van der Waals surface area contributed by atoms with Crippen molar-refractivity contribution in [3.63, 3.8) is 0 Å². The third kappa shape index (κ3) is 4.35. The molecule has 1 aliphatic carbocycles. The molecule has 0 saturated carbocycles. The van der Waals surface area contributed by atoms with E-state index in [2.05, 4.69) is 6.58 Å². The van der Waals surface area contributed by atoms with E-state index in [-0.39, 0.29) is 12.0 Å². The third-order valence-electron chi connectivity index (χ3n) is 4.66. The zero-order valence-electron chi connectivity index (χ0n) is 14.9. The topological polar surface area (TPSA) is 69.7 Å². The molecule has 134 valence electrons. The van der Waals surface area contributed by atoms with Gasteiger partial charge in [-0.2, -0.15) is 0 Å². The van der Waals surface area contributed by atoms with Crippen LogP contribution in [0.1, 0.15) is 40.0 Å². The summed E-state index contributed by atoms with van der Waals surface area (Å²) in [5, 5.41) is 0. The number of rotatable bonds is 3. The Morgan fingerprint density at radius 2 is 2.16 bits per heavy atom. The summed E-state index contributed by atoms with van der Waals surface area (Å²) in [6.07, 6.45) is 6.67. The number of aldehydes is 1. The van der Waals surface area contributed by atoms with Crippen molar-refractivity contribution in [1.29, 1.82) is 0 Å². The molecule has 0 N–H and O–H groups in total. The molecule has 0 aromatic heterocycles. The largest absolute Gasteiger partial charge is 0.458 e. The van der Waals surface area contributed by atoms with Gasteiger partial charge in [0, 0.05) is 17.6 Å². The van der Waals surface area contributed by atoms with Crippen LogP contribution >= 0.6 is 0 Å². The Balaban J connectivity index is 2.42. The Bertz CT molecular complexity index is 680. The summed E-state index contributed by atoms with van der Waals surface area (Å²) in [5.41, 5.74) is 2.34. The number of esters is 2. The number of hydrogen-bond acceptors (Lipinski definition) is 5. The van der Waals surface area contributed by atoms with Gasteiger partial charge in [-0.1, -0.05) is 24.3 Å². The summed E-state index contributed by atoms with van der Waals surface area (Å²) < 4.78 is 11.1. The van der Waals surface area contributed by atoms with Gasteiger partial charge in [0.25, 0.3) is 0 Å². The molecule has 2 rings (SSSR count). The van der Waals surface area contributed by atoms with Gasteiger partial charge in [-0.15, -0.1) is 0 Å². The van der Waals surface area contributed by atoms with Gasteiger partial charge in [-0.3, -0.25) is 4.79 Å². The van der Waals surface area contributed by atoms with E-state index in [0.717, 1.165) is 18.3 Å². The van der Waals surface area contributed by atoms with E-state index in [1.165, 1.54) is 0 Å². The van der Waals surface area contributed by atoms with Crippen molar-refractivity contribution in [3.8, 4) is 0 Å². The van der Waals surface area contributed by atoms with Gasteiger partial charge in [0.05, 0.1) is 5.92 Å². The van der Waals surface area contributed by atoms with E-state index in [1.54, 1.807) is 19.9 Å². The Hall–Kier alpha value is -2.43. The molecule has 5 heteroatoms. The fraction of sp³-hybridized carbons (Fsp3) is 0.450. The van der Waals surface area contributed by atoms with Crippen LogP contribution in [0.4, 0.5) is 0 Å². The van der Waals surface area contributed by atoms with Gasteiger partial charge >= 0.3 is 11.9 Å². The summed E-state index contributed by atoms with van der Waals surface area (Å²) in [6.45, 7) is 9.18. The fourth-order valence-electron chi connectivity index (χ4n) is 3.03. The van der Waals surface area contributed by atoms with Crippen LogP contribution in [0.5, 0.6) is 0 Å². The van der Waals surface area contributed by atoms with Crippen LogP contribution in [0, 0.1) is 5.92 Å². The second-order valence-electron chi connectivity index (χ2n) is 6.49. The lowest BCUT2D eigenvalue weighted by Crippen LogP contribution is -2.34. The molecule has 1 fully saturated rings. The Morgan fingerprint density at radius 1 is 1.44 bits per heavy atom. The summed E-state index contributed by atoms with van der Waals surface area (Å²) in [7, 11) is 0. The lowest BCUT2D eigenvalue weighted by atomic mass is 9.85. The van der Waals surface area contributed by atoms with Crippen LogP contribution in [0.15, 0.2) is 47.1 Å². The van der Waals surface area contributed by atoms with E-state index >= 15 is 0 Å². The first-order valence-corrected chi connectivity index (χ1v) is 8.42. The van der Waals surface area contributed by atoms with Crippen LogP contribution in [0.25, 0.3) is 0 Å². The molecule has 0 spiro atoms. The summed E-state index contributed by atoms with van der Waals surface area (Å²) >= 11 is 0. The first-order valence-electron chi connectivity index (χ1n) is 8.42. The Morgan fingerprint density at radius 3 is 2.80 bits per heavy atom. The van der Waals surface area contributed by atoms with Crippen LogP contribution < -0.4 is 0 Å². The number of fused-ring (bicyclic) bond motifs is 1. The molecular formula is C20H24O5. The van der Waals surface area contributed by atoms with Crippen molar-refractivity contribution in [2.45, 2.75) is 52.2 Å². The van der Waals surface area contributed by atoms with E-state index in [4.69, 9.17) is 9.47 Å². The molecule has 0 aromatic rings. The number of hydrogen-bond donors (Lipinski definition) is 0. The summed E-state index contributed by atoms with van der Waals surface area (Å²) in [5.74, 6) is -1.46. The van der Waals surface area contributed by atoms with Gasteiger partial charge in [-0.05, 0) is 45.3 Å². The minimum absolute atomic E-state index is 0.232. The van der Waals surface area contributed by atoms with Crippen molar-refractivity contribution >= 4 is 18.2 Å².